The number of pyridine rings is 1. The van der Waals surface area contributed by atoms with Crippen LogP contribution in [0.5, 0.6) is 5.88 Å². The number of hydrogen-bond acceptors (Lipinski definition) is 4. The summed E-state index contributed by atoms with van der Waals surface area (Å²) in [6.45, 7) is -1.40. The second-order valence-electron chi connectivity index (χ2n) is 3.72. The normalized spacial score (nSPS) is 11.2. The van der Waals surface area contributed by atoms with Crippen LogP contribution in [0.15, 0.2) is 35.8 Å². The summed E-state index contributed by atoms with van der Waals surface area (Å²) in [5, 5.41) is 4.34. The number of nitrogens with zero attached hydrogens (tertiary/aromatic N) is 1. The summed E-state index contributed by atoms with van der Waals surface area (Å²) >= 11 is 1.28. The van der Waals surface area contributed by atoms with Crippen LogP contribution < -0.4 is 10.1 Å². The second kappa shape index (κ2) is 5.91. The van der Waals surface area contributed by atoms with E-state index >= 15 is 0 Å². The molecule has 2 rings (SSSR count). The molecule has 0 bridgehead atoms. The molecule has 0 aliphatic carbocycles. The van der Waals surface area contributed by atoms with Gasteiger partial charge in [0.2, 0.25) is 5.88 Å². The summed E-state index contributed by atoms with van der Waals surface area (Å²) < 4.78 is 40.3. The summed E-state index contributed by atoms with van der Waals surface area (Å²) in [5.41, 5.74) is 0.378. The number of carbonyl (C=O) groups is 1. The topological polar surface area (TPSA) is 51.2 Å². The fourth-order valence-corrected chi connectivity index (χ4v) is 1.91. The highest BCUT2D eigenvalue weighted by molar-refractivity contribution is 7.12. The SMILES string of the molecule is O=C(Nc1ccc(OCC(F)(F)F)nc1)c1cccs1. The van der Waals surface area contributed by atoms with Gasteiger partial charge in [0.15, 0.2) is 6.61 Å². The quantitative estimate of drug-likeness (QED) is 0.942. The Labute approximate surface area is 116 Å². The number of ether oxygens (including phenoxy) is 1. The van der Waals surface area contributed by atoms with Gasteiger partial charge in [-0.1, -0.05) is 6.07 Å². The van der Waals surface area contributed by atoms with Crippen LogP contribution in [-0.2, 0) is 0 Å². The average Bonchev–Trinajstić information content (AvgIpc) is 2.91. The molecule has 0 fully saturated rings. The highest BCUT2D eigenvalue weighted by atomic mass is 32.1. The van der Waals surface area contributed by atoms with Crippen molar-refractivity contribution >= 4 is 22.9 Å². The van der Waals surface area contributed by atoms with Gasteiger partial charge in [0, 0.05) is 6.07 Å². The molecule has 1 N–H and O–H groups in total. The second-order valence-corrected chi connectivity index (χ2v) is 4.67. The van der Waals surface area contributed by atoms with E-state index in [0.717, 1.165) is 0 Å². The van der Waals surface area contributed by atoms with Crippen LogP contribution in [0.1, 0.15) is 9.67 Å². The lowest BCUT2D eigenvalue weighted by Crippen LogP contribution is -2.19. The van der Waals surface area contributed by atoms with Gasteiger partial charge < -0.3 is 10.1 Å². The molecule has 0 aliphatic heterocycles. The molecule has 0 unspecified atom stereocenters. The standard InChI is InChI=1S/C12H9F3N2O2S/c13-12(14,15)7-19-10-4-3-8(6-16-10)17-11(18)9-2-1-5-20-9/h1-6H,7H2,(H,17,18). The minimum atomic E-state index is -4.41. The smallest absolute Gasteiger partial charge is 0.422 e. The molecule has 20 heavy (non-hydrogen) atoms. The Kier molecular flexibility index (Phi) is 4.23. The van der Waals surface area contributed by atoms with Gasteiger partial charge in [0.25, 0.3) is 5.91 Å². The number of halogens is 3. The summed E-state index contributed by atoms with van der Waals surface area (Å²) in [5.74, 6) is -0.456. The molecule has 4 nitrogen and oxygen atoms in total. The van der Waals surface area contributed by atoms with Crippen molar-refractivity contribution < 1.29 is 22.7 Å². The van der Waals surface area contributed by atoms with E-state index in [0.29, 0.717) is 10.6 Å². The Balaban J connectivity index is 1.93. The predicted molar refractivity (Wildman–Crippen MR) is 68.1 cm³/mol. The van der Waals surface area contributed by atoms with Gasteiger partial charge in [0.1, 0.15) is 0 Å². The maximum absolute atomic E-state index is 11.9. The van der Waals surface area contributed by atoms with E-state index in [2.05, 4.69) is 15.0 Å². The van der Waals surface area contributed by atoms with Crippen LogP contribution in [0.3, 0.4) is 0 Å². The number of anilines is 1. The minimum Gasteiger partial charge on any atom is -0.468 e. The van der Waals surface area contributed by atoms with Crippen LogP contribution in [-0.4, -0.2) is 23.7 Å². The molecule has 1 amide bonds. The number of hydrogen-bond donors (Lipinski definition) is 1. The van der Waals surface area contributed by atoms with Crippen LogP contribution in [0.25, 0.3) is 0 Å². The van der Waals surface area contributed by atoms with E-state index in [1.165, 1.54) is 29.7 Å². The van der Waals surface area contributed by atoms with Crippen LogP contribution in [0.4, 0.5) is 18.9 Å². The van der Waals surface area contributed by atoms with E-state index in [1.54, 1.807) is 17.5 Å². The molecular weight excluding hydrogens is 293 g/mol. The average molecular weight is 302 g/mol. The molecule has 2 heterocycles. The Morgan fingerprint density at radius 1 is 1.35 bits per heavy atom. The summed E-state index contributed by atoms with van der Waals surface area (Å²) in [7, 11) is 0. The maximum atomic E-state index is 11.9. The third-order valence-corrected chi connectivity index (χ3v) is 2.99. The Morgan fingerprint density at radius 2 is 2.15 bits per heavy atom. The van der Waals surface area contributed by atoms with Gasteiger partial charge in [-0.15, -0.1) is 11.3 Å². The summed E-state index contributed by atoms with van der Waals surface area (Å²) in [4.78, 5) is 15.9. The van der Waals surface area contributed by atoms with Gasteiger partial charge in [-0.3, -0.25) is 4.79 Å². The zero-order valence-corrected chi connectivity index (χ0v) is 10.8. The number of carbonyl (C=O) groups excluding carboxylic acids is 1. The number of rotatable bonds is 4. The number of alkyl halides is 3. The van der Waals surface area contributed by atoms with E-state index in [1.807, 2.05) is 0 Å². The first-order valence-electron chi connectivity index (χ1n) is 5.44. The fraction of sp³-hybridized carbons (Fsp3) is 0.167. The van der Waals surface area contributed by atoms with Crippen molar-refractivity contribution in [3.63, 3.8) is 0 Å². The molecule has 0 saturated carbocycles. The minimum absolute atomic E-state index is 0.156. The first-order chi connectivity index (χ1) is 9.44. The molecule has 0 atom stereocenters. The first kappa shape index (κ1) is 14.3. The molecule has 0 aliphatic rings. The van der Waals surface area contributed by atoms with Crippen molar-refractivity contribution in [3.05, 3.63) is 40.7 Å². The zero-order chi connectivity index (χ0) is 14.6. The number of aromatic nitrogens is 1. The monoisotopic (exact) mass is 302 g/mol. The molecule has 106 valence electrons. The molecule has 0 aromatic carbocycles. The summed E-state index contributed by atoms with van der Waals surface area (Å²) in [6.07, 6.45) is -3.18. The van der Waals surface area contributed by atoms with Gasteiger partial charge in [0.05, 0.1) is 16.8 Å². The van der Waals surface area contributed by atoms with Crippen LogP contribution in [0.2, 0.25) is 0 Å². The van der Waals surface area contributed by atoms with Crippen molar-refractivity contribution in [3.8, 4) is 5.88 Å². The van der Waals surface area contributed by atoms with Gasteiger partial charge in [-0.2, -0.15) is 13.2 Å². The molecular formula is C12H9F3N2O2S. The Bertz CT molecular complexity index is 567. The van der Waals surface area contributed by atoms with Crippen molar-refractivity contribution in [2.75, 3.05) is 11.9 Å². The molecule has 2 aromatic rings. The van der Waals surface area contributed by atoms with Crippen molar-refractivity contribution in [1.82, 2.24) is 4.98 Å². The van der Waals surface area contributed by atoms with Crippen LogP contribution in [0, 0.1) is 0 Å². The fourth-order valence-electron chi connectivity index (χ4n) is 1.30. The van der Waals surface area contributed by atoms with Crippen LogP contribution >= 0.6 is 11.3 Å². The van der Waals surface area contributed by atoms with Gasteiger partial charge in [-0.05, 0) is 17.5 Å². The number of nitrogens with one attached hydrogen (secondary N) is 1. The lowest BCUT2D eigenvalue weighted by Gasteiger charge is -2.08. The van der Waals surface area contributed by atoms with Gasteiger partial charge in [-0.25, -0.2) is 4.98 Å². The largest absolute Gasteiger partial charge is 0.468 e. The Morgan fingerprint density at radius 3 is 2.70 bits per heavy atom. The summed E-state index contributed by atoms with van der Waals surface area (Å²) in [6, 6.07) is 6.08. The van der Waals surface area contributed by atoms with Crippen molar-refractivity contribution in [1.29, 1.82) is 0 Å². The van der Waals surface area contributed by atoms with E-state index in [-0.39, 0.29) is 11.8 Å². The van der Waals surface area contributed by atoms with E-state index in [4.69, 9.17) is 0 Å². The highest BCUT2D eigenvalue weighted by Crippen LogP contribution is 2.18. The van der Waals surface area contributed by atoms with Gasteiger partial charge >= 0.3 is 6.18 Å². The van der Waals surface area contributed by atoms with E-state index in [9.17, 15) is 18.0 Å². The molecule has 2 aromatic heterocycles. The Hall–Kier alpha value is -2.09. The third-order valence-electron chi connectivity index (χ3n) is 2.12. The lowest BCUT2D eigenvalue weighted by atomic mass is 10.4. The molecule has 0 spiro atoms. The highest BCUT2D eigenvalue weighted by Gasteiger charge is 2.28. The molecule has 0 radical (unpaired) electrons. The number of amides is 1. The molecule has 0 saturated heterocycles. The maximum Gasteiger partial charge on any atom is 0.422 e. The number of thiophene rings is 1. The predicted octanol–water partition coefficient (Wildman–Crippen LogP) is 3.34. The van der Waals surface area contributed by atoms with Crippen molar-refractivity contribution in [2.45, 2.75) is 6.18 Å². The van der Waals surface area contributed by atoms with E-state index < -0.39 is 12.8 Å². The third kappa shape index (κ3) is 4.23. The van der Waals surface area contributed by atoms with Crippen molar-refractivity contribution in [2.24, 2.45) is 0 Å². The lowest BCUT2D eigenvalue weighted by molar-refractivity contribution is -0.154. The zero-order valence-electron chi connectivity index (χ0n) is 9.98. The first-order valence-corrected chi connectivity index (χ1v) is 6.32. The molecule has 8 heteroatoms.